The van der Waals surface area contributed by atoms with Gasteiger partial charge in [0.05, 0.1) is 0 Å². The summed E-state index contributed by atoms with van der Waals surface area (Å²) >= 11 is 5.86. The Bertz CT molecular complexity index is 936. The number of benzene rings is 1. The Morgan fingerprint density at radius 2 is 2.14 bits per heavy atom. The molecule has 1 aliphatic heterocycles. The molecule has 11 heteroatoms. The van der Waals surface area contributed by atoms with Crippen molar-refractivity contribution in [1.29, 1.82) is 0 Å². The van der Waals surface area contributed by atoms with Gasteiger partial charge in [0.1, 0.15) is 5.82 Å². The Morgan fingerprint density at radius 1 is 1.34 bits per heavy atom. The molecule has 1 atom stereocenters. The van der Waals surface area contributed by atoms with E-state index >= 15 is 0 Å². The number of nitrogens with two attached hydrogens (primary N) is 1. The van der Waals surface area contributed by atoms with Crippen LogP contribution in [0.5, 0.6) is 0 Å². The van der Waals surface area contributed by atoms with Crippen LogP contribution in [0.3, 0.4) is 0 Å². The van der Waals surface area contributed by atoms with Gasteiger partial charge in [-0.25, -0.2) is 4.39 Å². The van der Waals surface area contributed by atoms with E-state index in [0.29, 0.717) is 13.1 Å². The molecule has 0 unspecified atom stereocenters. The molecule has 1 aliphatic rings. The van der Waals surface area contributed by atoms with E-state index in [0.717, 1.165) is 18.9 Å². The number of anilines is 3. The van der Waals surface area contributed by atoms with Gasteiger partial charge in [-0.2, -0.15) is 4.98 Å². The third-order valence-corrected chi connectivity index (χ3v) is 4.50. The van der Waals surface area contributed by atoms with Crippen LogP contribution in [0.15, 0.2) is 30.9 Å². The summed E-state index contributed by atoms with van der Waals surface area (Å²) in [6.07, 6.45) is 2.87. The normalized spacial score (nSPS) is 16.2. The van der Waals surface area contributed by atoms with Crippen molar-refractivity contribution in [3.8, 4) is 0 Å². The first-order valence-corrected chi connectivity index (χ1v) is 9.19. The van der Waals surface area contributed by atoms with Gasteiger partial charge >= 0.3 is 0 Å². The third-order valence-electron chi connectivity index (χ3n) is 4.29. The van der Waals surface area contributed by atoms with Crippen molar-refractivity contribution in [1.82, 2.24) is 20.1 Å². The Balaban J connectivity index is 1.82. The Morgan fingerprint density at radius 3 is 2.83 bits per heavy atom. The van der Waals surface area contributed by atoms with Crippen molar-refractivity contribution < 1.29 is 14.0 Å². The first kappa shape index (κ1) is 20.5. The Hall–Kier alpha value is -3.27. The smallest absolute Gasteiger partial charge is 0.273 e. The summed E-state index contributed by atoms with van der Waals surface area (Å²) < 4.78 is 13.6. The molecule has 1 aromatic heterocycles. The van der Waals surface area contributed by atoms with Gasteiger partial charge in [0.25, 0.3) is 5.91 Å². The Labute approximate surface area is 171 Å². The van der Waals surface area contributed by atoms with E-state index in [2.05, 4.69) is 32.4 Å². The number of carbonyl (C=O) groups excluding carboxylic acids is 2. The monoisotopic (exact) mass is 419 g/mol. The lowest BCUT2D eigenvalue weighted by molar-refractivity contribution is -0.127. The molecular weight excluding hydrogens is 401 g/mol. The summed E-state index contributed by atoms with van der Waals surface area (Å²) in [6.45, 7) is 4.60. The van der Waals surface area contributed by atoms with Crippen LogP contribution in [-0.2, 0) is 4.79 Å². The highest BCUT2D eigenvalue weighted by Gasteiger charge is 2.23. The Kier molecular flexibility index (Phi) is 6.23. The largest absolute Gasteiger partial charge is 0.364 e. The average Bonchev–Trinajstić information content (AvgIpc) is 2.66. The van der Waals surface area contributed by atoms with E-state index in [1.54, 1.807) is 4.90 Å². The summed E-state index contributed by atoms with van der Waals surface area (Å²) in [5.41, 5.74) is 5.40. The first-order chi connectivity index (χ1) is 13.9. The fourth-order valence-corrected chi connectivity index (χ4v) is 3.23. The molecule has 9 nitrogen and oxygen atoms in total. The molecule has 152 valence electrons. The fraction of sp³-hybridized carbons (Fsp3) is 0.278. The van der Waals surface area contributed by atoms with E-state index < -0.39 is 11.7 Å². The summed E-state index contributed by atoms with van der Waals surface area (Å²) in [4.78, 5) is 29.4. The standard InChI is InChI=1S/C18H19ClFN7O2/c1-2-14(28)27-5-3-4-12(9-27)23-18-24-17(15(16(21)29)25-26-18)22-13-7-10(19)6-11(20)8-13/h2,6-8,12H,1,3-5,9H2,(H2,21,29)(H2,22,23,24,26)/t12-/m1/s1. The lowest BCUT2D eigenvalue weighted by atomic mass is 10.1. The molecule has 3 rings (SSSR count). The number of piperidine rings is 1. The van der Waals surface area contributed by atoms with Gasteiger partial charge in [0, 0.05) is 29.8 Å². The summed E-state index contributed by atoms with van der Waals surface area (Å²) in [5, 5.41) is 13.8. The van der Waals surface area contributed by atoms with Crippen LogP contribution in [0.1, 0.15) is 23.3 Å². The second-order valence-electron chi connectivity index (χ2n) is 6.45. The molecule has 2 amide bonds. The zero-order valence-electron chi connectivity index (χ0n) is 15.4. The zero-order valence-corrected chi connectivity index (χ0v) is 16.1. The number of nitrogens with zero attached hydrogens (tertiary/aromatic N) is 4. The molecule has 0 radical (unpaired) electrons. The molecular formula is C18H19ClFN7O2. The molecule has 0 bridgehead atoms. The second kappa shape index (κ2) is 8.82. The molecule has 1 saturated heterocycles. The number of hydrogen-bond acceptors (Lipinski definition) is 7. The maximum absolute atomic E-state index is 13.6. The van der Waals surface area contributed by atoms with E-state index in [4.69, 9.17) is 17.3 Å². The number of amides is 2. The van der Waals surface area contributed by atoms with Crippen LogP contribution in [-0.4, -0.2) is 51.0 Å². The highest BCUT2D eigenvalue weighted by atomic mass is 35.5. The van der Waals surface area contributed by atoms with Crippen LogP contribution >= 0.6 is 11.6 Å². The highest BCUT2D eigenvalue weighted by molar-refractivity contribution is 6.30. The lowest BCUT2D eigenvalue weighted by Crippen LogP contribution is -2.44. The molecule has 0 aliphatic carbocycles. The second-order valence-corrected chi connectivity index (χ2v) is 6.89. The van der Waals surface area contributed by atoms with Crippen molar-refractivity contribution in [2.45, 2.75) is 18.9 Å². The van der Waals surface area contributed by atoms with Gasteiger partial charge in [0.15, 0.2) is 11.5 Å². The number of aromatic nitrogens is 3. The van der Waals surface area contributed by atoms with Gasteiger partial charge in [0.2, 0.25) is 11.9 Å². The maximum atomic E-state index is 13.6. The number of rotatable bonds is 6. The minimum atomic E-state index is -0.845. The van der Waals surface area contributed by atoms with Crippen molar-refractivity contribution >= 4 is 40.9 Å². The molecule has 4 N–H and O–H groups in total. The van der Waals surface area contributed by atoms with E-state index in [1.807, 2.05) is 0 Å². The molecule has 0 saturated carbocycles. The van der Waals surface area contributed by atoms with Crippen LogP contribution in [0.25, 0.3) is 0 Å². The maximum Gasteiger partial charge on any atom is 0.273 e. The number of nitrogens with one attached hydrogen (secondary N) is 2. The highest BCUT2D eigenvalue weighted by Crippen LogP contribution is 2.23. The molecule has 2 aromatic rings. The van der Waals surface area contributed by atoms with Crippen LogP contribution in [0, 0.1) is 5.82 Å². The zero-order chi connectivity index (χ0) is 21.0. The van der Waals surface area contributed by atoms with Crippen molar-refractivity contribution in [3.63, 3.8) is 0 Å². The number of hydrogen-bond donors (Lipinski definition) is 3. The molecule has 1 fully saturated rings. The first-order valence-electron chi connectivity index (χ1n) is 8.81. The quantitative estimate of drug-likeness (QED) is 0.612. The van der Waals surface area contributed by atoms with E-state index in [9.17, 15) is 14.0 Å². The van der Waals surface area contributed by atoms with Crippen molar-refractivity contribution in [3.05, 3.63) is 47.4 Å². The number of carbonyl (C=O) groups is 2. The average molecular weight is 420 g/mol. The number of halogens is 2. The number of primary amides is 1. The van der Waals surface area contributed by atoms with Crippen LogP contribution < -0.4 is 16.4 Å². The SMILES string of the molecule is C=CC(=O)N1CCC[C@@H](Nc2nnc(C(N)=O)c(Nc3cc(F)cc(Cl)c3)n2)C1. The molecule has 0 spiro atoms. The topological polar surface area (TPSA) is 126 Å². The van der Waals surface area contributed by atoms with E-state index in [-0.39, 0.29) is 40.1 Å². The van der Waals surface area contributed by atoms with Gasteiger partial charge in [-0.3, -0.25) is 9.59 Å². The predicted octanol–water partition coefficient (Wildman–Crippen LogP) is 2.10. The van der Waals surface area contributed by atoms with Crippen molar-refractivity contribution in [2.24, 2.45) is 5.73 Å². The van der Waals surface area contributed by atoms with Gasteiger partial charge in [-0.1, -0.05) is 18.2 Å². The molecule has 2 heterocycles. The summed E-state index contributed by atoms with van der Waals surface area (Å²) in [5.74, 6) is -1.41. The van der Waals surface area contributed by atoms with Crippen LogP contribution in [0.4, 0.5) is 21.8 Å². The van der Waals surface area contributed by atoms with Gasteiger partial charge in [-0.05, 0) is 37.1 Å². The van der Waals surface area contributed by atoms with Crippen molar-refractivity contribution in [2.75, 3.05) is 23.7 Å². The van der Waals surface area contributed by atoms with E-state index in [1.165, 1.54) is 18.2 Å². The van der Waals surface area contributed by atoms with Crippen LogP contribution in [0.2, 0.25) is 5.02 Å². The molecule has 1 aromatic carbocycles. The lowest BCUT2D eigenvalue weighted by Gasteiger charge is -2.32. The minimum absolute atomic E-state index is 0.00602. The van der Waals surface area contributed by atoms with Gasteiger partial charge < -0.3 is 21.3 Å². The minimum Gasteiger partial charge on any atom is -0.364 e. The summed E-state index contributed by atoms with van der Waals surface area (Å²) in [6, 6.07) is 3.69. The third kappa shape index (κ3) is 5.17. The van der Waals surface area contributed by atoms with Gasteiger partial charge in [-0.15, -0.1) is 10.2 Å². The molecule has 29 heavy (non-hydrogen) atoms. The number of likely N-dealkylation sites (tertiary alicyclic amines) is 1. The fourth-order valence-electron chi connectivity index (χ4n) is 3.01. The predicted molar refractivity (Wildman–Crippen MR) is 106 cm³/mol. The summed E-state index contributed by atoms with van der Waals surface area (Å²) in [7, 11) is 0.